The molecule has 1 nitrogen and oxygen atoms in total. The minimum absolute atomic E-state index is 0.202. The van der Waals surface area contributed by atoms with Gasteiger partial charge in [0.2, 0.25) is 0 Å². The first kappa shape index (κ1) is 13.6. The lowest BCUT2D eigenvalue weighted by atomic mass is 10.1. The van der Waals surface area contributed by atoms with Gasteiger partial charge in [0.15, 0.2) is 5.92 Å². The van der Waals surface area contributed by atoms with Crippen molar-refractivity contribution in [1.29, 1.82) is 0 Å². The van der Waals surface area contributed by atoms with Crippen LogP contribution in [0.1, 0.15) is 25.7 Å². The maximum Gasteiger partial charge on any atom is 0.401 e. The van der Waals surface area contributed by atoms with Crippen molar-refractivity contribution in [3.8, 4) is 0 Å². The Kier molecular flexibility index (Phi) is 4.09. The zero-order chi connectivity index (χ0) is 12.4. The maximum absolute atomic E-state index is 12.1. The topological polar surface area (TPSA) is 12.0 Å². The Hall–Kier alpha value is -0.460. The van der Waals surface area contributed by atoms with Crippen LogP contribution >= 0.6 is 0 Å². The van der Waals surface area contributed by atoms with Gasteiger partial charge in [-0.2, -0.15) is 26.3 Å². The molecule has 0 unspecified atom stereocenters. The van der Waals surface area contributed by atoms with E-state index in [0.717, 1.165) is 12.8 Å². The van der Waals surface area contributed by atoms with Crippen LogP contribution in [0.3, 0.4) is 0 Å². The van der Waals surface area contributed by atoms with Crippen LogP contribution in [0.15, 0.2) is 0 Å². The predicted molar refractivity (Wildman–Crippen MR) is 45.9 cm³/mol. The number of nitrogens with one attached hydrogen (secondary N) is 1. The van der Waals surface area contributed by atoms with Crippen LogP contribution in [-0.4, -0.2) is 24.9 Å². The smallest absolute Gasteiger partial charge is 0.313 e. The summed E-state index contributed by atoms with van der Waals surface area (Å²) in [4.78, 5) is 0. The Morgan fingerprint density at radius 3 is 1.75 bits per heavy atom. The third kappa shape index (κ3) is 3.84. The fraction of sp³-hybridized carbons (Fsp3) is 1.00. The molecule has 0 radical (unpaired) electrons. The molecule has 0 aromatic rings. The zero-order valence-electron chi connectivity index (χ0n) is 8.46. The highest BCUT2D eigenvalue weighted by Gasteiger charge is 2.56. The van der Waals surface area contributed by atoms with Crippen LogP contribution in [0.4, 0.5) is 26.3 Å². The second kappa shape index (κ2) is 4.81. The number of hydrogen-bond donors (Lipinski definition) is 1. The molecule has 0 heterocycles. The molecule has 7 heteroatoms. The minimum atomic E-state index is -5.23. The van der Waals surface area contributed by atoms with Gasteiger partial charge >= 0.3 is 12.4 Å². The molecule has 1 fully saturated rings. The maximum atomic E-state index is 12.1. The summed E-state index contributed by atoms with van der Waals surface area (Å²) >= 11 is 0. The molecule has 96 valence electrons. The minimum Gasteiger partial charge on any atom is -0.313 e. The van der Waals surface area contributed by atoms with Crippen molar-refractivity contribution in [2.75, 3.05) is 6.54 Å². The molecule has 16 heavy (non-hydrogen) atoms. The van der Waals surface area contributed by atoms with E-state index in [1.54, 1.807) is 0 Å². The van der Waals surface area contributed by atoms with E-state index in [1.807, 2.05) is 0 Å². The Bertz CT molecular complexity index is 201. The summed E-state index contributed by atoms with van der Waals surface area (Å²) in [5.41, 5.74) is 0. The quantitative estimate of drug-likeness (QED) is 0.757. The van der Waals surface area contributed by atoms with Gasteiger partial charge in [0.05, 0.1) is 0 Å². The number of halogens is 6. The van der Waals surface area contributed by atoms with Crippen LogP contribution in [0.25, 0.3) is 0 Å². The highest BCUT2D eigenvalue weighted by Crippen LogP contribution is 2.38. The molecule has 1 aliphatic rings. The van der Waals surface area contributed by atoms with Gasteiger partial charge < -0.3 is 5.32 Å². The van der Waals surface area contributed by atoms with Gasteiger partial charge in [-0.3, -0.25) is 0 Å². The molecule has 0 amide bonds. The molecule has 0 atom stereocenters. The first-order valence-electron chi connectivity index (χ1n) is 5.08. The highest BCUT2D eigenvalue weighted by atomic mass is 19.4. The molecule has 1 N–H and O–H groups in total. The van der Waals surface area contributed by atoms with Gasteiger partial charge in [0.25, 0.3) is 0 Å². The number of alkyl halides is 6. The Morgan fingerprint density at radius 2 is 1.38 bits per heavy atom. The molecular weight excluding hydrogens is 236 g/mol. The average molecular weight is 249 g/mol. The lowest BCUT2D eigenvalue weighted by Crippen LogP contribution is -2.45. The summed E-state index contributed by atoms with van der Waals surface area (Å²) in [6, 6.07) is -0.202. The summed E-state index contributed by atoms with van der Waals surface area (Å²) in [5.74, 6) is -3.26. The summed E-state index contributed by atoms with van der Waals surface area (Å²) in [6.45, 7) is -1.07. The van der Waals surface area contributed by atoms with E-state index in [4.69, 9.17) is 0 Å². The zero-order valence-corrected chi connectivity index (χ0v) is 8.46. The van der Waals surface area contributed by atoms with Crippen LogP contribution in [-0.2, 0) is 0 Å². The molecule has 0 saturated heterocycles. The molecule has 0 spiro atoms. The van der Waals surface area contributed by atoms with E-state index >= 15 is 0 Å². The Balaban J connectivity index is 2.51. The van der Waals surface area contributed by atoms with E-state index in [-0.39, 0.29) is 6.04 Å². The molecule has 1 saturated carbocycles. The van der Waals surface area contributed by atoms with Crippen molar-refractivity contribution < 1.29 is 26.3 Å². The third-order valence-corrected chi connectivity index (χ3v) is 2.76. The monoisotopic (exact) mass is 249 g/mol. The summed E-state index contributed by atoms with van der Waals surface area (Å²) in [6.07, 6.45) is -7.43. The van der Waals surface area contributed by atoms with Crippen molar-refractivity contribution in [2.45, 2.75) is 44.1 Å². The van der Waals surface area contributed by atoms with Crippen LogP contribution in [0.5, 0.6) is 0 Å². The highest BCUT2D eigenvalue weighted by molar-refractivity contribution is 4.81. The molecule has 0 bridgehead atoms. The molecule has 1 rings (SSSR count). The second-order valence-corrected chi connectivity index (χ2v) is 4.03. The van der Waals surface area contributed by atoms with Gasteiger partial charge in [-0.15, -0.1) is 0 Å². The van der Waals surface area contributed by atoms with E-state index in [2.05, 4.69) is 5.32 Å². The fourth-order valence-corrected chi connectivity index (χ4v) is 1.83. The first-order valence-corrected chi connectivity index (χ1v) is 5.08. The number of hydrogen-bond acceptors (Lipinski definition) is 1. The molecule has 0 aromatic carbocycles. The van der Waals surface area contributed by atoms with Gasteiger partial charge in [0.1, 0.15) is 0 Å². The van der Waals surface area contributed by atoms with Gasteiger partial charge in [-0.1, -0.05) is 12.8 Å². The van der Waals surface area contributed by atoms with Crippen molar-refractivity contribution in [3.63, 3.8) is 0 Å². The van der Waals surface area contributed by atoms with Crippen LogP contribution < -0.4 is 5.32 Å². The lowest BCUT2D eigenvalue weighted by Gasteiger charge is -2.24. The van der Waals surface area contributed by atoms with Crippen molar-refractivity contribution in [3.05, 3.63) is 0 Å². The molecular formula is C9H13F6N. The molecule has 1 aliphatic carbocycles. The standard InChI is InChI=1S/C9H13F6N/c10-8(11,12)7(9(13,14)15)5-16-6-3-1-2-4-6/h6-7,16H,1-5H2. The number of rotatable bonds is 3. The third-order valence-electron chi connectivity index (χ3n) is 2.76. The average Bonchev–Trinajstić information content (AvgIpc) is 2.51. The summed E-state index contributed by atoms with van der Waals surface area (Å²) in [5, 5.41) is 2.35. The first-order chi connectivity index (χ1) is 7.21. The predicted octanol–water partition coefficient (Wildman–Crippen LogP) is 3.26. The van der Waals surface area contributed by atoms with Crippen molar-refractivity contribution in [2.24, 2.45) is 5.92 Å². The van der Waals surface area contributed by atoms with E-state index in [9.17, 15) is 26.3 Å². The largest absolute Gasteiger partial charge is 0.401 e. The van der Waals surface area contributed by atoms with Gasteiger partial charge in [-0.05, 0) is 12.8 Å². The van der Waals surface area contributed by atoms with Gasteiger partial charge in [0, 0.05) is 12.6 Å². The van der Waals surface area contributed by atoms with Crippen molar-refractivity contribution in [1.82, 2.24) is 5.32 Å². The van der Waals surface area contributed by atoms with E-state index in [1.165, 1.54) is 0 Å². The fourth-order valence-electron chi connectivity index (χ4n) is 1.83. The van der Waals surface area contributed by atoms with E-state index in [0.29, 0.717) is 12.8 Å². The Morgan fingerprint density at radius 1 is 0.938 bits per heavy atom. The SMILES string of the molecule is FC(F)(F)C(CNC1CCCC1)C(F)(F)F. The summed E-state index contributed by atoms with van der Waals surface area (Å²) < 4.78 is 72.8. The second-order valence-electron chi connectivity index (χ2n) is 4.03. The normalized spacial score (nSPS) is 19.7. The van der Waals surface area contributed by atoms with Crippen LogP contribution in [0.2, 0.25) is 0 Å². The lowest BCUT2D eigenvalue weighted by molar-refractivity contribution is -0.282. The van der Waals surface area contributed by atoms with E-state index < -0.39 is 24.8 Å². The van der Waals surface area contributed by atoms with Crippen LogP contribution in [0, 0.1) is 5.92 Å². The molecule has 0 aliphatic heterocycles. The van der Waals surface area contributed by atoms with Crippen molar-refractivity contribution >= 4 is 0 Å². The Labute approximate surface area is 89.2 Å². The molecule has 0 aromatic heterocycles. The summed E-state index contributed by atoms with van der Waals surface area (Å²) in [7, 11) is 0. The van der Waals surface area contributed by atoms with Gasteiger partial charge in [-0.25, -0.2) is 0 Å².